The molecule has 0 aliphatic carbocycles. The van der Waals surface area contributed by atoms with Gasteiger partial charge < -0.3 is 14.4 Å². The smallest absolute Gasteiger partial charge is 0.295 e. The second kappa shape index (κ2) is 3.91. The molecule has 0 aliphatic heterocycles. The van der Waals surface area contributed by atoms with Crippen molar-refractivity contribution in [2.24, 2.45) is 0 Å². The van der Waals surface area contributed by atoms with E-state index >= 15 is 0 Å². The first-order chi connectivity index (χ1) is 6.29. The Hall–Kier alpha value is -1.55. The fourth-order valence-corrected chi connectivity index (χ4v) is 2.36. The van der Waals surface area contributed by atoms with Gasteiger partial charge in [-0.05, 0) is 5.19 Å². The van der Waals surface area contributed by atoms with Gasteiger partial charge in [-0.25, -0.2) is 0 Å². The van der Waals surface area contributed by atoms with Gasteiger partial charge in [0.25, 0.3) is 8.07 Å². The zero-order valence-electron chi connectivity index (χ0n) is 6.84. The highest BCUT2D eigenvalue weighted by Gasteiger charge is 2.35. The first kappa shape index (κ1) is 9.53. The molecule has 1 rings (SSSR count). The van der Waals surface area contributed by atoms with E-state index in [-0.39, 0.29) is 0 Å². The third kappa shape index (κ3) is 1.62. The van der Waals surface area contributed by atoms with Gasteiger partial charge in [0, 0.05) is 0 Å². The highest BCUT2D eigenvalue weighted by atomic mass is 28.3. The Balaban J connectivity index is 3.23. The monoisotopic (exact) mass is 192 g/mol. The molecule has 0 fully saturated rings. The third-order valence-corrected chi connectivity index (χ3v) is 4.36. The van der Waals surface area contributed by atoms with Gasteiger partial charge in [-0.15, -0.1) is 0 Å². The van der Waals surface area contributed by atoms with Crippen molar-refractivity contribution in [2.45, 2.75) is 0 Å². The van der Waals surface area contributed by atoms with Gasteiger partial charge in [-0.2, -0.15) is 0 Å². The van der Waals surface area contributed by atoms with E-state index in [0.717, 1.165) is 0 Å². The van der Waals surface area contributed by atoms with Crippen LogP contribution in [0.5, 0.6) is 0 Å². The van der Waals surface area contributed by atoms with Crippen molar-refractivity contribution < 1.29 is 14.4 Å². The Morgan fingerprint density at radius 3 is 1.69 bits per heavy atom. The lowest BCUT2D eigenvalue weighted by atomic mass is 10.4. The van der Waals surface area contributed by atoms with E-state index in [4.69, 9.17) is 0 Å². The van der Waals surface area contributed by atoms with Gasteiger partial charge in [0.1, 0.15) is 17.7 Å². The van der Waals surface area contributed by atoms with Crippen molar-refractivity contribution in [3.63, 3.8) is 0 Å². The van der Waals surface area contributed by atoms with Crippen LogP contribution in [0.25, 0.3) is 0 Å². The fraction of sp³-hybridized carbons (Fsp3) is 0. The molecule has 0 bridgehead atoms. The van der Waals surface area contributed by atoms with E-state index in [2.05, 4.69) is 0 Å². The summed E-state index contributed by atoms with van der Waals surface area (Å²) in [7, 11) is -3.14. The number of hydrogen-bond acceptors (Lipinski definition) is 3. The molecular formula is C9H8O3Si. The Morgan fingerprint density at radius 1 is 0.846 bits per heavy atom. The van der Waals surface area contributed by atoms with Crippen LogP contribution < -0.4 is 5.19 Å². The second-order valence-corrected chi connectivity index (χ2v) is 5.80. The summed E-state index contributed by atoms with van der Waals surface area (Å²) in [6, 6.07) is 8.43. The highest BCUT2D eigenvalue weighted by Crippen LogP contribution is 1.94. The summed E-state index contributed by atoms with van der Waals surface area (Å²) in [5.74, 6) is 1.47. The van der Waals surface area contributed by atoms with E-state index in [0.29, 0.717) is 22.9 Å². The summed E-state index contributed by atoms with van der Waals surface area (Å²) < 4.78 is 0. The number of rotatable bonds is 4. The summed E-state index contributed by atoms with van der Waals surface area (Å²) in [5.41, 5.74) is 0. The minimum absolute atomic E-state index is 0.488. The van der Waals surface area contributed by atoms with Crippen LogP contribution in [0.15, 0.2) is 30.3 Å². The van der Waals surface area contributed by atoms with Gasteiger partial charge in [-0.1, -0.05) is 30.3 Å². The predicted molar refractivity (Wildman–Crippen MR) is 52.1 cm³/mol. The maximum atomic E-state index is 10.7. The molecule has 0 unspecified atom stereocenters. The van der Waals surface area contributed by atoms with Crippen LogP contribution in [0.3, 0.4) is 0 Å². The Kier molecular flexibility index (Phi) is 2.87. The molecule has 4 heteroatoms. The van der Waals surface area contributed by atoms with Crippen molar-refractivity contribution in [3.8, 4) is 0 Å². The van der Waals surface area contributed by atoms with Crippen LogP contribution in [0.1, 0.15) is 0 Å². The predicted octanol–water partition coefficient (Wildman–Crippen LogP) is -0.342. The minimum Gasteiger partial charge on any atom is -0.307 e. The summed E-state index contributed by atoms with van der Waals surface area (Å²) in [5, 5.41) is 0.537. The van der Waals surface area contributed by atoms with Crippen LogP contribution in [0, 0.1) is 0 Å². The number of carbonyl (C=O) groups is 3. The lowest BCUT2D eigenvalue weighted by molar-refractivity contribution is 0.558. The molecule has 0 aromatic heterocycles. The SMILES string of the molecule is O=C[Si](C=O)(C=O)c1ccccc1. The summed E-state index contributed by atoms with van der Waals surface area (Å²) in [4.78, 5) is 32.1. The van der Waals surface area contributed by atoms with Crippen LogP contribution in [0.2, 0.25) is 0 Å². The molecular weight excluding hydrogens is 184 g/mol. The number of carbonyl (C=O) groups excluding carboxylic acids is 3. The average Bonchev–Trinajstić information content (AvgIpc) is 2.23. The maximum absolute atomic E-state index is 10.7. The van der Waals surface area contributed by atoms with Crippen LogP contribution in [-0.2, 0) is 14.4 Å². The third-order valence-electron chi connectivity index (χ3n) is 1.86. The molecule has 1 aromatic carbocycles. The molecule has 0 heterocycles. The second-order valence-electron chi connectivity index (χ2n) is 2.65. The van der Waals surface area contributed by atoms with Crippen molar-refractivity contribution in [1.29, 1.82) is 0 Å². The van der Waals surface area contributed by atoms with Crippen molar-refractivity contribution in [2.75, 3.05) is 0 Å². The first-order valence-electron chi connectivity index (χ1n) is 3.73. The van der Waals surface area contributed by atoms with Crippen LogP contribution >= 0.6 is 0 Å². The molecule has 13 heavy (non-hydrogen) atoms. The molecule has 0 atom stereocenters. The van der Waals surface area contributed by atoms with Gasteiger partial charge in [0.2, 0.25) is 0 Å². The van der Waals surface area contributed by atoms with Crippen molar-refractivity contribution in [3.05, 3.63) is 30.3 Å². The van der Waals surface area contributed by atoms with E-state index in [9.17, 15) is 14.4 Å². The Morgan fingerprint density at radius 2 is 1.31 bits per heavy atom. The molecule has 0 spiro atoms. The Labute approximate surface area is 76.4 Å². The normalized spacial score (nSPS) is 10.5. The van der Waals surface area contributed by atoms with Crippen LogP contribution in [0.4, 0.5) is 0 Å². The maximum Gasteiger partial charge on any atom is 0.295 e. The standard InChI is InChI=1S/C9H8O3Si/c10-6-13(7-11,8-12)9-4-2-1-3-5-9/h1-8H. The quantitative estimate of drug-likeness (QED) is 0.484. The van der Waals surface area contributed by atoms with E-state index in [1.54, 1.807) is 30.3 Å². The first-order valence-corrected chi connectivity index (χ1v) is 5.97. The fourth-order valence-electron chi connectivity index (χ4n) is 1.01. The highest BCUT2D eigenvalue weighted by molar-refractivity contribution is 7.39. The summed E-state index contributed by atoms with van der Waals surface area (Å²) in [6.45, 7) is 0. The average molecular weight is 192 g/mol. The molecule has 66 valence electrons. The lowest BCUT2D eigenvalue weighted by Crippen LogP contribution is -2.54. The Bertz CT molecular complexity index is 299. The minimum atomic E-state index is -3.14. The summed E-state index contributed by atoms with van der Waals surface area (Å²) >= 11 is 0. The molecule has 0 radical (unpaired) electrons. The number of hydrogen-bond donors (Lipinski definition) is 0. The molecule has 0 amide bonds. The van der Waals surface area contributed by atoms with Crippen LogP contribution in [-0.4, -0.2) is 25.8 Å². The molecule has 1 aromatic rings. The topological polar surface area (TPSA) is 51.2 Å². The summed E-state index contributed by atoms with van der Waals surface area (Å²) in [6.07, 6.45) is 0. The largest absolute Gasteiger partial charge is 0.307 e. The lowest BCUT2D eigenvalue weighted by Gasteiger charge is -2.09. The molecule has 0 aliphatic rings. The zero-order valence-corrected chi connectivity index (χ0v) is 7.84. The van der Waals surface area contributed by atoms with Gasteiger partial charge in [-0.3, -0.25) is 0 Å². The van der Waals surface area contributed by atoms with Gasteiger partial charge >= 0.3 is 0 Å². The van der Waals surface area contributed by atoms with Crippen molar-refractivity contribution >= 4 is 31.0 Å². The van der Waals surface area contributed by atoms with E-state index in [1.807, 2.05) is 0 Å². The molecule has 0 N–H and O–H groups in total. The molecule has 3 nitrogen and oxygen atoms in total. The number of benzene rings is 1. The van der Waals surface area contributed by atoms with Crippen molar-refractivity contribution in [1.82, 2.24) is 0 Å². The van der Waals surface area contributed by atoms with Gasteiger partial charge in [0.15, 0.2) is 0 Å². The zero-order chi connectivity index (χ0) is 9.73. The van der Waals surface area contributed by atoms with Gasteiger partial charge in [0.05, 0.1) is 0 Å². The van der Waals surface area contributed by atoms with E-state index < -0.39 is 8.07 Å². The molecule has 0 saturated carbocycles. The molecule has 0 saturated heterocycles. The van der Waals surface area contributed by atoms with E-state index in [1.165, 1.54) is 0 Å².